The summed E-state index contributed by atoms with van der Waals surface area (Å²) in [4.78, 5) is 12.0. The molecule has 0 aliphatic carbocycles. The molecule has 0 spiro atoms. The van der Waals surface area contributed by atoms with E-state index >= 15 is 0 Å². The van der Waals surface area contributed by atoms with Crippen molar-refractivity contribution in [3.8, 4) is 5.75 Å². The van der Waals surface area contributed by atoms with Crippen molar-refractivity contribution in [1.29, 1.82) is 0 Å². The second kappa shape index (κ2) is 4.27. The van der Waals surface area contributed by atoms with E-state index in [0.29, 0.717) is 9.23 Å². The highest BCUT2D eigenvalue weighted by Crippen LogP contribution is 2.27. The minimum absolute atomic E-state index is 0.166. The second-order valence-corrected chi connectivity index (χ2v) is 5.12. The lowest BCUT2D eigenvalue weighted by atomic mass is 10.1. The zero-order valence-electron chi connectivity index (χ0n) is 8.48. The smallest absolute Gasteiger partial charge is 0.263 e. The second-order valence-electron chi connectivity index (χ2n) is 3.40. The minimum atomic E-state index is -0.166. The van der Waals surface area contributed by atoms with Crippen molar-refractivity contribution >= 4 is 40.3 Å². The Kier molecular flexibility index (Phi) is 2.98. The molecule has 16 heavy (non-hydrogen) atoms. The van der Waals surface area contributed by atoms with Gasteiger partial charge in [0.25, 0.3) is 5.91 Å². The van der Waals surface area contributed by atoms with E-state index in [1.807, 2.05) is 13.0 Å². The van der Waals surface area contributed by atoms with Gasteiger partial charge in [-0.1, -0.05) is 30.0 Å². The standard InChI is InChI=1S/C11H9NO2S2/c1-6-4-7(2-3-8(6)13)5-9-10(14)12-11(15)16-9/h2-5,13H,1H3,(H,12,14,15)/b9-5-. The minimum Gasteiger partial charge on any atom is -0.508 e. The summed E-state index contributed by atoms with van der Waals surface area (Å²) in [5.74, 6) is 0.0851. The fourth-order valence-electron chi connectivity index (χ4n) is 1.34. The Bertz CT molecular complexity index is 509. The van der Waals surface area contributed by atoms with Gasteiger partial charge in [0.1, 0.15) is 10.1 Å². The van der Waals surface area contributed by atoms with E-state index in [1.54, 1.807) is 18.2 Å². The molecule has 1 aromatic carbocycles. The van der Waals surface area contributed by atoms with Crippen LogP contribution in [0.25, 0.3) is 6.08 Å². The quantitative estimate of drug-likeness (QED) is 0.593. The normalized spacial score (nSPS) is 17.9. The van der Waals surface area contributed by atoms with Crippen molar-refractivity contribution in [2.24, 2.45) is 0 Å². The Morgan fingerprint density at radius 2 is 2.25 bits per heavy atom. The topological polar surface area (TPSA) is 49.3 Å². The maximum atomic E-state index is 11.4. The fraction of sp³-hybridized carbons (Fsp3) is 0.0909. The monoisotopic (exact) mass is 251 g/mol. The van der Waals surface area contributed by atoms with Gasteiger partial charge in [-0.2, -0.15) is 0 Å². The lowest BCUT2D eigenvalue weighted by Gasteiger charge is -2.00. The molecule has 82 valence electrons. The van der Waals surface area contributed by atoms with E-state index in [1.165, 1.54) is 11.8 Å². The third-order valence-electron chi connectivity index (χ3n) is 2.16. The number of thiocarbonyl (C=S) groups is 1. The van der Waals surface area contributed by atoms with Crippen LogP contribution in [0.15, 0.2) is 23.1 Å². The fourth-order valence-corrected chi connectivity index (χ4v) is 2.39. The molecule has 2 rings (SSSR count). The van der Waals surface area contributed by atoms with Gasteiger partial charge in [-0.15, -0.1) is 0 Å². The highest BCUT2D eigenvalue weighted by atomic mass is 32.2. The summed E-state index contributed by atoms with van der Waals surface area (Å²) in [5, 5.41) is 11.9. The zero-order chi connectivity index (χ0) is 11.7. The molecule has 1 saturated heterocycles. The van der Waals surface area contributed by atoms with Gasteiger partial charge in [-0.05, 0) is 36.3 Å². The average molecular weight is 251 g/mol. The average Bonchev–Trinajstić information content (AvgIpc) is 2.51. The molecule has 3 nitrogen and oxygen atoms in total. The van der Waals surface area contributed by atoms with Gasteiger partial charge < -0.3 is 10.4 Å². The molecule has 0 unspecified atom stereocenters. The van der Waals surface area contributed by atoms with Crippen LogP contribution in [-0.4, -0.2) is 15.3 Å². The van der Waals surface area contributed by atoms with Crippen molar-refractivity contribution in [2.45, 2.75) is 6.92 Å². The highest BCUT2D eigenvalue weighted by Gasteiger charge is 2.21. The van der Waals surface area contributed by atoms with E-state index in [0.717, 1.165) is 11.1 Å². The van der Waals surface area contributed by atoms with Crippen molar-refractivity contribution in [3.05, 3.63) is 34.2 Å². The van der Waals surface area contributed by atoms with Gasteiger partial charge in [0.15, 0.2) is 0 Å². The number of aromatic hydroxyl groups is 1. The van der Waals surface area contributed by atoms with E-state index in [2.05, 4.69) is 5.32 Å². The summed E-state index contributed by atoms with van der Waals surface area (Å²) in [6.45, 7) is 1.81. The van der Waals surface area contributed by atoms with E-state index < -0.39 is 0 Å². The predicted octanol–water partition coefficient (Wildman–Crippen LogP) is 2.19. The summed E-state index contributed by atoms with van der Waals surface area (Å²) in [6, 6.07) is 5.18. The van der Waals surface area contributed by atoms with Gasteiger partial charge in [-0.3, -0.25) is 4.79 Å². The van der Waals surface area contributed by atoms with Crippen molar-refractivity contribution in [3.63, 3.8) is 0 Å². The van der Waals surface area contributed by atoms with Gasteiger partial charge in [0.05, 0.1) is 4.91 Å². The van der Waals surface area contributed by atoms with Crippen LogP contribution in [-0.2, 0) is 4.79 Å². The molecule has 0 aromatic heterocycles. The summed E-state index contributed by atoms with van der Waals surface area (Å²) in [6.07, 6.45) is 1.76. The van der Waals surface area contributed by atoms with Crippen LogP contribution in [0.2, 0.25) is 0 Å². The number of rotatable bonds is 1. The Morgan fingerprint density at radius 1 is 1.50 bits per heavy atom. The number of nitrogens with one attached hydrogen (secondary N) is 1. The number of carbonyl (C=O) groups is 1. The first-order valence-electron chi connectivity index (χ1n) is 4.61. The molecule has 1 amide bonds. The number of hydrogen-bond acceptors (Lipinski definition) is 4. The summed E-state index contributed by atoms with van der Waals surface area (Å²) < 4.78 is 0.478. The Labute approximate surface area is 103 Å². The van der Waals surface area contributed by atoms with E-state index in [9.17, 15) is 9.90 Å². The zero-order valence-corrected chi connectivity index (χ0v) is 10.1. The molecule has 2 N–H and O–H groups in total. The molecule has 1 aromatic rings. The predicted molar refractivity (Wildman–Crippen MR) is 69.2 cm³/mol. The molecular weight excluding hydrogens is 242 g/mol. The van der Waals surface area contributed by atoms with Gasteiger partial charge in [0, 0.05) is 0 Å². The first-order valence-corrected chi connectivity index (χ1v) is 5.83. The maximum absolute atomic E-state index is 11.4. The highest BCUT2D eigenvalue weighted by molar-refractivity contribution is 8.26. The molecular formula is C11H9NO2S2. The van der Waals surface area contributed by atoms with Crippen LogP contribution >= 0.6 is 24.0 Å². The van der Waals surface area contributed by atoms with Crippen LogP contribution in [0.3, 0.4) is 0 Å². The molecule has 1 heterocycles. The maximum Gasteiger partial charge on any atom is 0.263 e. The van der Waals surface area contributed by atoms with Crippen LogP contribution in [0, 0.1) is 6.92 Å². The summed E-state index contributed by atoms with van der Waals surface area (Å²) in [7, 11) is 0. The van der Waals surface area contributed by atoms with Crippen molar-refractivity contribution in [1.82, 2.24) is 5.32 Å². The first kappa shape index (κ1) is 11.2. The van der Waals surface area contributed by atoms with Crippen LogP contribution in [0.1, 0.15) is 11.1 Å². The lowest BCUT2D eigenvalue weighted by molar-refractivity contribution is -0.115. The van der Waals surface area contributed by atoms with Gasteiger partial charge in [-0.25, -0.2) is 0 Å². The van der Waals surface area contributed by atoms with Crippen LogP contribution in [0.5, 0.6) is 5.75 Å². The van der Waals surface area contributed by atoms with Crippen molar-refractivity contribution < 1.29 is 9.90 Å². The van der Waals surface area contributed by atoms with E-state index in [-0.39, 0.29) is 11.7 Å². The lowest BCUT2D eigenvalue weighted by Crippen LogP contribution is -2.17. The SMILES string of the molecule is Cc1cc(/C=C2\SC(=S)NC2=O)ccc1O. The number of phenolic OH excluding ortho intramolecular Hbond substituents is 1. The molecule has 1 fully saturated rings. The Hall–Kier alpha value is -1.33. The van der Waals surface area contributed by atoms with Gasteiger partial charge >= 0.3 is 0 Å². The number of amides is 1. The number of benzene rings is 1. The molecule has 1 aliphatic heterocycles. The van der Waals surface area contributed by atoms with Crippen molar-refractivity contribution in [2.75, 3.05) is 0 Å². The third-order valence-corrected chi connectivity index (χ3v) is 3.32. The molecule has 1 aliphatic rings. The van der Waals surface area contributed by atoms with Crippen LogP contribution < -0.4 is 5.32 Å². The number of carbonyl (C=O) groups excluding carboxylic acids is 1. The summed E-state index contributed by atoms with van der Waals surface area (Å²) >= 11 is 6.13. The van der Waals surface area contributed by atoms with E-state index in [4.69, 9.17) is 12.2 Å². The number of thioether (sulfide) groups is 1. The molecule has 0 bridgehead atoms. The molecule has 0 radical (unpaired) electrons. The Balaban J connectivity index is 2.32. The van der Waals surface area contributed by atoms with Gasteiger partial charge in [0.2, 0.25) is 0 Å². The molecule has 5 heteroatoms. The first-order chi connectivity index (χ1) is 7.56. The van der Waals surface area contributed by atoms with Crippen LogP contribution in [0.4, 0.5) is 0 Å². The Morgan fingerprint density at radius 3 is 2.81 bits per heavy atom. The number of aryl methyl sites for hydroxylation is 1. The number of phenols is 1. The molecule has 0 atom stereocenters. The molecule has 0 saturated carbocycles. The third kappa shape index (κ3) is 2.25. The summed E-state index contributed by atoms with van der Waals surface area (Å²) in [5.41, 5.74) is 1.65. The largest absolute Gasteiger partial charge is 0.508 e. The number of hydrogen-bond donors (Lipinski definition) is 2.